The summed E-state index contributed by atoms with van der Waals surface area (Å²) < 4.78 is 30.6. The predicted molar refractivity (Wildman–Crippen MR) is 205 cm³/mol. The summed E-state index contributed by atoms with van der Waals surface area (Å²) in [5.41, 5.74) is -0.197. The Labute approximate surface area is 333 Å². The molecule has 1 aromatic carbocycles. The number of Topliss-reactive ketones (excluding diaryl/α,β-unsaturated/α-hetero) is 2. The van der Waals surface area contributed by atoms with Crippen molar-refractivity contribution in [3.8, 4) is 0 Å². The van der Waals surface area contributed by atoms with Gasteiger partial charge in [0.15, 0.2) is 17.7 Å². The molecule has 2 amide bonds. The van der Waals surface area contributed by atoms with E-state index in [9.17, 15) is 39.2 Å². The van der Waals surface area contributed by atoms with Crippen LogP contribution in [0, 0.1) is 33.8 Å². The second-order valence-corrected chi connectivity index (χ2v) is 16.2. The molecule has 0 bridgehead atoms. The fourth-order valence-electron chi connectivity index (χ4n) is 8.52. The SMILES string of the molecule is CC[C@H]1OC(=O)[C@H](C)C(=O)[C@H](C)[C@@H](O[C@@H]2O[C@H](C)C[C@H](N(C)C)[C@H]2O)[C@](C)(OC)C[C@@H](C)C(=O)[C@H](C)[C@H]2N(NC(=O)/C=C/c3ccc([N+](=O)[O-])cc3)C(=O)O[C@]12C. The normalized spacial score (nSPS) is 37.1. The van der Waals surface area contributed by atoms with Crippen molar-refractivity contribution in [2.24, 2.45) is 23.7 Å². The van der Waals surface area contributed by atoms with Gasteiger partial charge in [-0.05, 0) is 84.8 Å². The van der Waals surface area contributed by atoms with Crippen molar-refractivity contribution in [2.75, 3.05) is 21.2 Å². The van der Waals surface area contributed by atoms with Crippen LogP contribution in [-0.4, -0.2) is 125 Å². The topological polar surface area (TPSA) is 213 Å². The summed E-state index contributed by atoms with van der Waals surface area (Å²) in [6, 6.07) is 3.92. The van der Waals surface area contributed by atoms with Gasteiger partial charge in [-0.3, -0.25) is 34.7 Å². The number of nitro groups is 1. The summed E-state index contributed by atoms with van der Waals surface area (Å²) >= 11 is 0. The van der Waals surface area contributed by atoms with Crippen molar-refractivity contribution in [3.63, 3.8) is 0 Å². The number of rotatable bonds is 9. The molecule has 4 rings (SSSR count). The van der Waals surface area contributed by atoms with Gasteiger partial charge in [0, 0.05) is 49.1 Å². The van der Waals surface area contributed by atoms with Crippen LogP contribution in [0.2, 0.25) is 0 Å². The van der Waals surface area contributed by atoms with Crippen LogP contribution in [0.4, 0.5) is 10.5 Å². The molecule has 3 saturated heterocycles. The summed E-state index contributed by atoms with van der Waals surface area (Å²) in [7, 11) is 5.09. The summed E-state index contributed by atoms with van der Waals surface area (Å²) in [5, 5.41) is 23.4. The van der Waals surface area contributed by atoms with Crippen LogP contribution in [0.15, 0.2) is 30.3 Å². The van der Waals surface area contributed by atoms with Crippen molar-refractivity contribution in [1.82, 2.24) is 15.3 Å². The van der Waals surface area contributed by atoms with Gasteiger partial charge >= 0.3 is 12.1 Å². The molecule has 0 aliphatic carbocycles. The minimum absolute atomic E-state index is 0.00302. The van der Waals surface area contributed by atoms with Crippen LogP contribution in [0.3, 0.4) is 0 Å². The lowest BCUT2D eigenvalue weighted by atomic mass is 9.73. The predicted octanol–water partition coefficient (Wildman–Crippen LogP) is 3.84. The lowest BCUT2D eigenvalue weighted by Crippen LogP contribution is -2.61. The number of benzene rings is 1. The van der Waals surface area contributed by atoms with Crippen LogP contribution in [0.1, 0.15) is 80.2 Å². The average Bonchev–Trinajstić information content (AvgIpc) is 3.42. The van der Waals surface area contributed by atoms with Gasteiger partial charge in [-0.15, -0.1) is 0 Å². The molecule has 0 radical (unpaired) electrons. The number of ketones is 2. The van der Waals surface area contributed by atoms with E-state index < -0.39 is 94.2 Å². The molecule has 316 valence electrons. The molecule has 0 aromatic heterocycles. The highest BCUT2D eigenvalue weighted by atomic mass is 16.7. The van der Waals surface area contributed by atoms with E-state index in [4.69, 9.17) is 23.7 Å². The van der Waals surface area contributed by atoms with Crippen molar-refractivity contribution >= 4 is 41.3 Å². The molecule has 3 aliphatic rings. The number of carbonyl (C=O) groups is 5. The van der Waals surface area contributed by atoms with E-state index in [1.54, 1.807) is 34.6 Å². The number of hydrogen-bond acceptors (Lipinski definition) is 14. The van der Waals surface area contributed by atoms with Crippen molar-refractivity contribution in [3.05, 3.63) is 46.0 Å². The van der Waals surface area contributed by atoms with Crippen LogP contribution >= 0.6 is 0 Å². The minimum Gasteiger partial charge on any atom is -0.457 e. The van der Waals surface area contributed by atoms with Crippen LogP contribution in [0.25, 0.3) is 6.08 Å². The van der Waals surface area contributed by atoms with Gasteiger partial charge in [0.1, 0.15) is 30.0 Å². The maximum Gasteiger partial charge on any atom is 0.429 e. The van der Waals surface area contributed by atoms with Crippen LogP contribution in [-0.2, 0) is 42.9 Å². The number of likely N-dealkylation sites (N-methyl/N-ethyl adjacent to an activating group) is 1. The summed E-state index contributed by atoms with van der Waals surface area (Å²) in [4.78, 5) is 82.0. The highest BCUT2D eigenvalue weighted by Crippen LogP contribution is 2.42. The molecule has 3 heterocycles. The monoisotopic (exact) mass is 802 g/mol. The van der Waals surface area contributed by atoms with Gasteiger partial charge in [0.25, 0.3) is 11.6 Å². The molecular weight excluding hydrogens is 744 g/mol. The number of methoxy groups -OCH3 is 1. The second-order valence-electron chi connectivity index (χ2n) is 16.2. The number of aliphatic hydroxyl groups excluding tert-OH is 1. The highest BCUT2D eigenvalue weighted by molar-refractivity contribution is 6.00. The number of nitrogens with one attached hydrogen (secondary N) is 1. The van der Waals surface area contributed by atoms with Crippen molar-refractivity contribution < 1.29 is 57.7 Å². The number of nitrogens with zero attached hydrogens (tertiary/aromatic N) is 3. The van der Waals surface area contributed by atoms with E-state index >= 15 is 0 Å². The number of esters is 1. The molecule has 17 heteroatoms. The first-order chi connectivity index (χ1) is 26.6. The Balaban J connectivity index is 1.74. The largest absolute Gasteiger partial charge is 0.457 e. The van der Waals surface area contributed by atoms with Gasteiger partial charge < -0.3 is 33.7 Å². The molecule has 1 aromatic rings. The first-order valence-corrected chi connectivity index (χ1v) is 19.3. The van der Waals surface area contributed by atoms with Gasteiger partial charge in [0.2, 0.25) is 0 Å². The van der Waals surface area contributed by atoms with Gasteiger partial charge in [-0.25, -0.2) is 9.80 Å². The third kappa shape index (κ3) is 9.54. The third-order valence-electron chi connectivity index (χ3n) is 11.8. The molecular formula is C40H58N4O13. The van der Waals surface area contributed by atoms with E-state index in [1.807, 2.05) is 25.9 Å². The molecule has 2 N–H and O–H groups in total. The second kappa shape index (κ2) is 18.1. The van der Waals surface area contributed by atoms with Crippen LogP contribution in [0.5, 0.6) is 0 Å². The molecule has 57 heavy (non-hydrogen) atoms. The number of carbonyl (C=O) groups excluding carboxylic acids is 5. The van der Waals surface area contributed by atoms with E-state index in [0.29, 0.717) is 12.0 Å². The average molecular weight is 803 g/mol. The number of ether oxygens (including phenoxy) is 5. The fourth-order valence-corrected chi connectivity index (χ4v) is 8.52. The van der Waals surface area contributed by atoms with Gasteiger partial charge in [-0.1, -0.05) is 27.7 Å². The lowest BCUT2D eigenvalue weighted by molar-refractivity contribution is -0.384. The number of aliphatic hydroxyl groups is 1. The van der Waals surface area contributed by atoms with Gasteiger partial charge in [0.05, 0.1) is 22.7 Å². The first-order valence-electron chi connectivity index (χ1n) is 19.3. The quantitative estimate of drug-likeness (QED) is 0.119. The Morgan fingerprint density at radius 2 is 1.70 bits per heavy atom. The lowest BCUT2D eigenvalue weighted by Gasteiger charge is -2.47. The molecule has 0 spiro atoms. The van der Waals surface area contributed by atoms with Crippen LogP contribution < -0.4 is 5.43 Å². The standard InChI is InChI=1S/C40H58N4O13/c1-12-29-40(8)34(43(38(50)57-40)41-30(45)18-15-26-13-16-27(17-14-26)44(51)52)23(4)31(46)21(2)20-39(7,53-11)35(24(5)32(47)25(6)36(49)55-29)56-37-33(48)28(42(9)10)19-22(3)54-37/h13-18,21-25,28-29,33-35,37,48H,12,19-20H2,1-11H3,(H,41,45)/b18-15+/t21-,22-,23+,24+,25-,28+,29-,33-,34-,35-,37+,39-,40-/m1/s1. The number of cyclic esters (lactones) is 1. The Morgan fingerprint density at radius 1 is 1.07 bits per heavy atom. The zero-order valence-corrected chi connectivity index (χ0v) is 34.6. The smallest absolute Gasteiger partial charge is 0.429 e. The number of hydrogen-bond donors (Lipinski definition) is 2. The Morgan fingerprint density at radius 3 is 2.26 bits per heavy atom. The summed E-state index contributed by atoms with van der Waals surface area (Å²) in [5.74, 6) is -6.76. The third-order valence-corrected chi connectivity index (χ3v) is 11.8. The highest BCUT2D eigenvalue weighted by Gasteiger charge is 2.61. The van der Waals surface area contributed by atoms with Gasteiger partial charge in [-0.2, -0.15) is 0 Å². The number of fused-ring (bicyclic) bond motifs is 1. The fraction of sp³-hybridized carbons (Fsp3) is 0.675. The Hall–Kier alpha value is -4.29. The molecule has 13 atom stereocenters. The maximum atomic E-state index is 14.6. The first kappa shape index (κ1) is 45.4. The Kier molecular flexibility index (Phi) is 14.4. The van der Waals surface area contributed by atoms with E-state index in [1.165, 1.54) is 51.3 Å². The molecule has 3 aliphatic heterocycles. The maximum absolute atomic E-state index is 14.6. The molecule has 0 unspecified atom stereocenters. The number of hydrazine groups is 1. The molecule has 0 saturated carbocycles. The molecule has 3 fully saturated rings. The zero-order valence-electron chi connectivity index (χ0n) is 34.6. The minimum atomic E-state index is -1.69. The Bertz CT molecular complexity index is 1700. The number of amides is 2. The van der Waals surface area contributed by atoms with E-state index in [-0.39, 0.29) is 36.5 Å². The summed E-state index contributed by atoms with van der Waals surface area (Å²) in [6.45, 7) is 13.1. The number of non-ortho nitro benzene ring substituents is 1. The van der Waals surface area contributed by atoms with E-state index in [0.717, 1.165) is 11.1 Å². The zero-order chi connectivity index (χ0) is 42.7. The molecule has 17 nitrogen and oxygen atoms in total. The summed E-state index contributed by atoms with van der Waals surface area (Å²) in [6.07, 6.45) is -2.75. The van der Waals surface area contributed by atoms with Crippen molar-refractivity contribution in [1.29, 1.82) is 0 Å². The number of nitro benzene ring substituents is 1. The van der Waals surface area contributed by atoms with Crippen molar-refractivity contribution in [2.45, 2.75) is 129 Å². The van der Waals surface area contributed by atoms with E-state index in [2.05, 4.69) is 5.43 Å².